The first-order valence-electron chi connectivity index (χ1n) is 9.90. The number of ether oxygens (including phenoxy) is 2. The summed E-state index contributed by atoms with van der Waals surface area (Å²) in [5, 5.41) is 0. The molecule has 2 fully saturated rings. The van der Waals surface area contributed by atoms with E-state index < -0.39 is 0 Å². The molecular weight excluding hydrogens is 362 g/mol. The topological polar surface area (TPSA) is 111 Å². The minimum atomic E-state index is -0.165. The molecule has 3 rings (SSSR count). The van der Waals surface area contributed by atoms with E-state index in [4.69, 9.17) is 15.2 Å². The van der Waals surface area contributed by atoms with Gasteiger partial charge in [-0.05, 0) is 32.6 Å². The zero-order valence-corrected chi connectivity index (χ0v) is 16.6. The molecule has 0 amide bonds. The minimum Gasteiger partial charge on any atom is -0.469 e. The number of nitrogen functional groups attached to an aromatic ring is 1. The van der Waals surface area contributed by atoms with Crippen LogP contribution in [0.2, 0.25) is 0 Å². The largest absolute Gasteiger partial charge is 0.469 e. The number of nitrogens with zero attached hydrogens (tertiary/aromatic N) is 4. The highest BCUT2D eigenvalue weighted by Gasteiger charge is 2.31. The van der Waals surface area contributed by atoms with E-state index in [1.807, 2.05) is 11.8 Å². The lowest BCUT2D eigenvalue weighted by Gasteiger charge is -2.35. The quantitative estimate of drug-likeness (QED) is 0.741. The molecule has 0 radical (unpaired) electrons. The number of hydrogen-bond donors (Lipinski definition) is 1. The summed E-state index contributed by atoms with van der Waals surface area (Å²) in [5.41, 5.74) is 6.95. The third-order valence-electron chi connectivity index (χ3n) is 5.51. The van der Waals surface area contributed by atoms with Gasteiger partial charge in [0, 0.05) is 26.2 Å². The summed E-state index contributed by atoms with van der Waals surface area (Å²) in [5.74, 6) is 0.790. The second-order valence-electron chi connectivity index (χ2n) is 7.26. The van der Waals surface area contributed by atoms with E-state index in [1.165, 1.54) is 13.4 Å². The number of piperidine rings is 2. The molecule has 2 saturated heterocycles. The fourth-order valence-corrected chi connectivity index (χ4v) is 4.00. The number of nitrogens with two attached hydrogens (primary N) is 1. The molecule has 0 aliphatic carbocycles. The van der Waals surface area contributed by atoms with Crippen molar-refractivity contribution in [1.29, 1.82) is 0 Å². The summed E-state index contributed by atoms with van der Waals surface area (Å²) in [7, 11) is 1.42. The lowest BCUT2D eigenvalue weighted by Crippen LogP contribution is -2.41. The second-order valence-corrected chi connectivity index (χ2v) is 7.26. The number of hydrogen-bond acceptors (Lipinski definition) is 9. The molecule has 28 heavy (non-hydrogen) atoms. The first-order valence-corrected chi connectivity index (χ1v) is 9.90. The maximum Gasteiger partial charge on any atom is 0.310 e. The summed E-state index contributed by atoms with van der Waals surface area (Å²) in [6, 6.07) is 0. The number of methoxy groups -OCH3 is 1. The molecule has 0 saturated carbocycles. The Balaban J connectivity index is 1.71. The van der Waals surface area contributed by atoms with Gasteiger partial charge in [0.2, 0.25) is 0 Å². The van der Waals surface area contributed by atoms with Gasteiger partial charge in [-0.2, -0.15) is 0 Å². The van der Waals surface area contributed by atoms with Crippen molar-refractivity contribution in [3.8, 4) is 0 Å². The molecule has 1 aromatic rings. The van der Waals surface area contributed by atoms with Crippen LogP contribution in [0, 0.1) is 11.8 Å². The fraction of sp³-hybridized carbons (Fsp3) is 0.684. The van der Waals surface area contributed by atoms with Gasteiger partial charge in [-0.25, -0.2) is 9.97 Å². The first kappa shape index (κ1) is 20.2. The Morgan fingerprint density at radius 1 is 1.07 bits per heavy atom. The summed E-state index contributed by atoms with van der Waals surface area (Å²) in [6.07, 6.45) is 4.63. The van der Waals surface area contributed by atoms with Gasteiger partial charge in [-0.15, -0.1) is 0 Å². The van der Waals surface area contributed by atoms with Crippen LogP contribution < -0.4 is 15.5 Å². The lowest BCUT2D eigenvalue weighted by atomic mass is 9.97. The molecule has 9 nitrogen and oxygen atoms in total. The van der Waals surface area contributed by atoms with E-state index in [9.17, 15) is 9.59 Å². The van der Waals surface area contributed by atoms with Gasteiger partial charge in [0.15, 0.2) is 11.6 Å². The molecule has 1 atom stereocenters. The molecule has 2 aliphatic heterocycles. The molecule has 0 bridgehead atoms. The zero-order valence-electron chi connectivity index (χ0n) is 16.6. The number of anilines is 3. The molecule has 3 heterocycles. The van der Waals surface area contributed by atoms with Crippen LogP contribution in [0.5, 0.6) is 0 Å². The van der Waals surface area contributed by atoms with Crippen molar-refractivity contribution in [3.63, 3.8) is 0 Å². The molecular formula is C19H29N5O4. The molecule has 0 spiro atoms. The third kappa shape index (κ3) is 4.28. The fourth-order valence-electron chi connectivity index (χ4n) is 4.00. The van der Waals surface area contributed by atoms with Crippen molar-refractivity contribution in [2.45, 2.75) is 32.6 Å². The van der Waals surface area contributed by atoms with Gasteiger partial charge in [0.05, 0.1) is 25.6 Å². The molecule has 1 aromatic heterocycles. The number of rotatable bonds is 5. The van der Waals surface area contributed by atoms with Crippen LogP contribution in [0.15, 0.2) is 6.33 Å². The monoisotopic (exact) mass is 391 g/mol. The van der Waals surface area contributed by atoms with Gasteiger partial charge >= 0.3 is 11.9 Å². The van der Waals surface area contributed by atoms with E-state index in [0.717, 1.165) is 19.4 Å². The van der Waals surface area contributed by atoms with Crippen molar-refractivity contribution in [1.82, 2.24) is 9.97 Å². The van der Waals surface area contributed by atoms with Crippen LogP contribution in [0.25, 0.3) is 0 Å². The Labute approximate surface area is 165 Å². The van der Waals surface area contributed by atoms with Crippen LogP contribution in [0.4, 0.5) is 17.3 Å². The lowest BCUT2D eigenvalue weighted by molar-refractivity contribution is -0.148. The Hall–Kier alpha value is -2.58. The molecule has 9 heteroatoms. The van der Waals surface area contributed by atoms with Crippen molar-refractivity contribution in [2.24, 2.45) is 11.8 Å². The summed E-state index contributed by atoms with van der Waals surface area (Å²) < 4.78 is 10.0. The number of carbonyl (C=O) groups is 2. The number of esters is 2. The van der Waals surface area contributed by atoms with Crippen molar-refractivity contribution < 1.29 is 19.1 Å². The standard InChI is InChI=1S/C19H29N5O4/c1-3-28-19(26)14-5-4-8-24(11-14)17-15(20)16(21-12-22-17)23-9-6-13(7-10-23)18(25)27-2/h12-14H,3-11,20H2,1-2H3. The van der Waals surface area contributed by atoms with Gasteiger partial charge in [0.1, 0.15) is 12.0 Å². The molecule has 0 aromatic carbocycles. The van der Waals surface area contributed by atoms with Crippen LogP contribution >= 0.6 is 0 Å². The summed E-state index contributed by atoms with van der Waals surface area (Å²) in [4.78, 5) is 36.8. The normalized spacial score (nSPS) is 20.7. The Bertz CT molecular complexity index is 706. The highest BCUT2D eigenvalue weighted by atomic mass is 16.5. The molecule has 1 unspecified atom stereocenters. The van der Waals surface area contributed by atoms with Gasteiger partial charge in [-0.3, -0.25) is 9.59 Å². The summed E-state index contributed by atoms with van der Waals surface area (Å²) in [6.45, 7) is 4.91. The average molecular weight is 391 g/mol. The van der Waals surface area contributed by atoms with Gasteiger partial charge < -0.3 is 25.0 Å². The van der Waals surface area contributed by atoms with E-state index >= 15 is 0 Å². The zero-order chi connectivity index (χ0) is 20.1. The van der Waals surface area contributed by atoms with Gasteiger partial charge in [0.25, 0.3) is 0 Å². The average Bonchev–Trinajstić information content (AvgIpc) is 2.74. The Morgan fingerprint density at radius 3 is 2.39 bits per heavy atom. The third-order valence-corrected chi connectivity index (χ3v) is 5.51. The second kappa shape index (κ2) is 9.07. The van der Waals surface area contributed by atoms with Crippen LogP contribution in [0.1, 0.15) is 32.6 Å². The molecule has 2 aliphatic rings. The maximum absolute atomic E-state index is 12.1. The highest BCUT2D eigenvalue weighted by molar-refractivity contribution is 5.78. The minimum absolute atomic E-state index is 0.0730. The van der Waals surface area contributed by atoms with Crippen molar-refractivity contribution >= 4 is 29.3 Å². The van der Waals surface area contributed by atoms with E-state index in [2.05, 4.69) is 14.9 Å². The molecule has 2 N–H and O–H groups in total. The van der Waals surface area contributed by atoms with E-state index in [1.54, 1.807) is 0 Å². The smallest absolute Gasteiger partial charge is 0.310 e. The predicted molar refractivity (Wildman–Crippen MR) is 105 cm³/mol. The maximum atomic E-state index is 12.1. The van der Waals surface area contributed by atoms with Gasteiger partial charge in [-0.1, -0.05) is 0 Å². The van der Waals surface area contributed by atoms with Crippen LogP contribution in [-0.4, -0.2) is 61.8 Å². The number of aromatic nitrogens is 2. The summed E-state index contributed by atoms with van der Waals surface area (Å²) >= 11 is 0. The Morgan fingerprint density at radius 2 is 1.75 bits per heavy atom. The van der Waals surface area contributed by atoms with E-state index in [-0.39, 0.29) is 23.8 Å². The Kier molecular flexibility index (Phi) is 6.53. The highest BCUT2D eigenvalue weighted by Crippen LogP contribution is 2.33. The SMILES string of the molecule is CCOC(=O)C1CCCN(c2ncnc(N3CCC(C(=O)OC)CC3)c2N)C1. The number of carbonyl (C=O) groups excluding carboxylic acids is 2. The van der Waals surface area contributed by atoms with Crippen LogP contribution in [-0.2, 0) is 19.1 Å². The van der Waals surface area contributed by atoms with E-state index in [0.29, 0.717) is 56.4 Å². The first-order chi connectivity index (χ1) is 13.5. The van der Waals surface area contributed by atoms with Crippen LogP contribution in [0.3, 0.4) is 0 Å². The van der Waals surface area contributed by atoms with Crippen molar-refractivity contribution in [2.75, 3.05) is 55.4 Å². The molecule has 154 valence electrons. The van der Waals surface area contributed by atoms with Crippen molar-refractivity contribution in [3.05, 3.63) is 6.33 Å². The predicted octanol–water partition coefficient (Wildman–Crippen LogP) is 1.23.